The van der Waals surface area contributed by atoms with Gasteiger partial charge in [-0.2, -0.15) is 0 Å². The van der Waals surface area contributed by atoms with Crippen LogP contribution in [-0.4, -0.2) is 33.2 Å². The van der Waals surface area contributed by atoms with Crippen molar-refractivity contribution in [2.45, 2.75) is 32.7 Å². The van der Waals surface area contributed by atoms with Crippen molar-refractivity contribution in [3.05, 3.63) is 35.9 Å². The summed E-state index contributed by atoms with van der Waals surface area (Å²) < 4.78 is 1.03. The van der Waals surface area contributed by atoms with E-state index in [1.165, 1.54) is 24.9 Å². The van der Waals surface area contributed by atoms with Crippen LogP contribution in [0.5, 0.6) is 0 Å². The normalized spacial score (nSPS) is 18.6. The Morgan fingerprint density at radius 3 is 2.74 bits per heavy atom. The highest BCUT2D eigenvalue weighted by Gasteiger charge is 2.25. The van der Waals surface area contributed by atoms with Crippen molar-refractivity contribution < 1.29 is 0 Å². The van der Waals surface area contributed by atoms with Crippen LogP contribution in [0.3, 0.4) is 0 Å². The van der Waals surface area contributed by atoms with Gasteiger partial charge in [0.2, 0.25) is 0 Å². The number of hydrogen-bond donors (Lipinski definition) is 0. The second-order valence-electron chi connectivity index (χ2n) is 4.99. The summed E-state index contributed by atoms with van der Waals surface area (Å²) in [7, 11) is 0. The first-order chi connectivity index (χ1) is 9.22. The van der Waals surface area contributed by atoms with Crippen molar-refractivity contribution in [2.24, 2.45) is 0 Å². The molecule has 0 saturated carbocycles. The molecule has 2 rings (SSSR count). The first kappa shape index (κ1) is 14.8. The van der Waals surface area contributed by atoms with Gasteiger partial charge < -0.3 is 4.90 Å². The van der Waals surface area contributed by atoms with Gasteiger partial charge in [-0.05, 0) is 18.9 Å². The average Bonchev–Trinajstić information content (AvgIpc) is 2.46. The molecule has 0 aliphatic carbocycles. The summed E-state index contributed by atoms with van der Waals surface area (Å²) in [5.74, 6) is 1.04. The first-order valence-corrected chi connectivity index (χ1v) is 8.32. The van der Waals surface area contributed by atoms with E-state index in [2.05, 4.69) is 54.0 Å². The van der Waals surface area contributed by atoms with E-state index in [0.29, 0.717) is 6.04 Å². The fourth-order valence-electron chi connectivity index (χ4n) is 2.25. The van der Waals surface area contributed by atoms with E-state index in [4.69, 9.17) is 12.2 Å². The third-order valence-electron chi connectivity index (χ3n) is 3.53. The molecular weight excluding hydrogens is 272 g/mol. The summed E-state index contributed by atoms with van der Waals surface area (Å²) in [6.07, 6.45) is 2.51. The molecule has 1 aliphatic rings. The smallest absolute Gasteiger partial charge is 0.139 e. The Morgan fingerprint density at radius 2 is 2.05 bits per heavy atom. The minimum Gasteiger partial charge on any atom is -0.338 e. The van der Waals surface area contributed by atoms with E-state index in [1.807, 2.05) is 0 Å². The van der Waals surface area contributed by atoms with Gasteiger partial charge in [-0.25, -0.2) is 0 Å². The average molecular weight is 294 g/mol. The van der Waals surface area contributed by atoms with Gasteiger partial charge in [-0.1, -0.05) is 67.7 Å². The molecule has 4 heteroatoms. The molecule has 0 N–H and O–H groups in total. The molecule has 1 unspecified atom stereocenters. The highest BCUT2D eigenvalue weighted by molar-refractivity contribution is 8.22. The van der Waals surface area contributed by atoms with Gasteiger partial charge in [0.1, 0.15) is 4.32 Å². The van der Waals surface area contributed by atoms with Crippen LogP contribution in [0.25, 0.3) is 0 Å². The van der Waals surface area contributed by atoms with Crippen molar-refractivity contribution >= 4 is 28.3 Å². The molecule has 0 aromatic heterocycles. The molecule has 1 fully saturated rings. The van der Waals surface area contributed by atoms with Crippen LogP contribution in [0.1, 0.15) is 38.3 Å². The van der Waals surface area contributed by atoms with E-state index >= 15 is 0 Å². The summed E-state index contributed by atoms with van der Waals surface area (Å²) in [6.45, 7) is 6.61. The number of thiocarbonyl (C=S) groups is 1. The molecule has 1 atom stereocenters. The fraction of sp³-hybridized carbons (Fsp3) is 0.533. The quantitative estimate of drug-likeness (QED) is 0.754. The van der Waals surface area contributed by atoms with Crippen LogP contribution in [0.4, 0.5) is 0 Å². The Bertz CT molecular complexity index is 408. The molecule has 1 aromatic carbocycles. The molecule has 1 heterocycles. The van der Waals surface area contributed by atoms with E-state index in [9.17, 15) is 0 Å². The van der Waals surface area contributed by atoms with Crippen LogP contribution in [-0.2, 0) is 0 Å². The number of rotatable bonds is 5. The molecular formula is C15H22N2S2. The van der Waals surface area contributed by atoms with Gasteiger partial charge in [0.15, 0.2) is 0 Å². The Kier molecular flexibility index (Phi) is 5.67. The lowest BCUT2D eigenvalue weighted by Gasteiger charge is -2.40. The lowest BCUT2D eigenvalue weighted by molar-refractivity contribution is 0.180. The van der Waals surface area contributed by atoms with E-state index in [0.717, 1.165) is 16.9 Å². The van der Waals surface area contributed by atoms with Gasteiger partial charge >= 0.3 is 0 Å². The number of nitrogens with zero attached hydrogens (tertiary/aromatic N) is 2. The zero-order valence-corrected chi connectivity index (χ0v) is 13.3. The summed E-state index contributed by atoms with van der Waals surface area (Å²) >= 11 is 7.32. The van der Waals surface area contributed by atoms with Crippen molar-refractivity contribution in [1.82, 2.24) is 9.80 Å². The van der Waals surface area contributed by atoms with Crippen molar-refractivity contribution in [2.75, 3.05) is 19.1 Å². The van der Waals surface area contributed by atoms with Crippen molar-refractivity contribution in [3.8, 4) is 0 Å². The monoisotopic (exact) mass is 294 g/mol. The Hall–Kier alpha value is -0.580. The Morgan fingerprint density at radius 1 is 1.32 bits per heavy atom. The van der Waals surface area contributed by atoms with Crippen LogP contribution >= 0.6 is 24.0 Å². The molecule has 1 saturated heterocycles. The first-order valence-electron chi connectivity index (χ1n) is 6.93. The van der Waals surface area contributed by atoms with E-state index in [-0.39, 0.29) is 0 Å². The maximum absolute atomic E-state index is 5.53. The SMILES string of the molecule is CCCCN1CSC(=S)N(C(C)c2ccccc2)C1. The van der Waals surface area contributed by atoms with Crippen LogP contribution in [0.15, 0.2) is 30.3 Å². The summed E-state index contributed by atoms with van der Waals surface area (Å²) in [5.41, 5.74) is 1.34. The Balaban J connectivity index is 2.02. The Labute approximate surface area is 126 Å². The van der Waals surface area contributed by atoms with Gasteiger partial charge in [-0.3, -0.25) is 4.90 Å². The van der Waals surface area contributed by atoms with E-state index in [1.54, 1.807) is 11.8 Å². The van der Waals surface area contributed by atoms with Crippen molar-refractivity contribution in [1.29, 1.82) is 0 Å². The third-order valence-corrected chi connectivity index (χ3v) is 5.10. The maximum atomic E-state index is 5.53. The van der Waals surface area contributed by atoms with Crippen molar-refractivity contribution in [3.63, 3.8) is 0 Å². The molecule has 104 valence electrons. The molecule has 0 spiro atoms. The lowest BCUT2D eigenvalue weighted by atomic mass is 10.1. The zero-order valence-electron chi connectivity index (χ0n) is 11.7. The van der Waals surface area contributed by atoms with Crippen LogP contribution in [0.2, 0.25) is 0 Å². The molecule has 0 amide bonds. The molecule has 1 aliphatic heterocycles. The number of unbranched alkanes of at least 4 members (excludes halogenated alkanes) is 1. The molecule has 2 nitrogen and oxygen atoms in total. The topological polar surface area (TPSA) is 6.48 Å². The highest BCUT2D eigenvalue weighted by atomic mass is 32.2. The van der Waals surface area contributed by atoms with Crippen LogP contribution < -0.4 is 0 Å². The molecule has 1 aromatic rings. The minimum absolute atomic E-state index is 0.352. The minimum atomic E-state index is 0.352. The number of benzene rings is 1. The van der Waals surface area contributed by atoms with Gasteiger partial charge in [-0.15, -0.1) is 0 Å². The predicted octanol–water partition coefficient (Wildman–Crippen LogP) is 4.10. The lowest BCUT2D eigenvalue weighted by Crippen LogP contribution is -2.46. The summed E-state index contributed by atoms with van der Waals surface area (Å²) in [5, 5.41) is 0. The summed E-state index contributed by atoms with van der Waals surface area (Å²) in [6, 6.07) is 11.0. The second-order valence-corrected chi connectivity index (χ2v) is 6.56. The molecule has 0 bridgehead atoms. The second kappa shape index (κ2) is 7.27. The molecule has 0 radical (unpaired) electrons. The fourth-order valence-corrected chi connectivity index (χ4v) is 3.51. The molecule has 19 heavy (non-hydrogen) atoms. The predicted molar refractivity (Wildman–Crippen MR) is 88.2 cm³/mol. The number of thioether (sulfide) groups is 1. The van der Waals surface area contributed by atoms with E-state index < -0.39 is 0 Å². The van der Waals surface area contributed by atoms with Gasteiger partial charge in [0, 0.05) is 6.54 Å². The standard InChI is InChI=1S/C15H22N2S2/c1-3-4-10-16-11-17(15(18)19-12-16)13(2)14-8-6-5-7-9-14/h5-9,13H,3-4,10-12H2,1-2H3. The third kappa shape index (κ3) is 3.94. The van der Waals surface area contributed by atoms with Crippen LogP contribution in [0, 0.1) is 0 Å². The zero-order chi connectivity index (χ0) is 13.7. The van der Waals surface area contributed by atoms with Gasteiger partial charge in [0.05, 0.1) is 18.6 Å². The maximum Gasteiger partial charge on any atom is 0.139 e. The summed E-state index contributed by atoms with van der Waals surface area (Å²) in [4.78, 5) is 4.83. The largest absolute Gasteiger partial charge is 0.338 e. The highest BCUT2D eigenvalue weighted by Crippen LogP contribution is 2.28. The number of hydrogen-bond acceptors (Lipinski definition) is 3. The van der Waals surface area contributed by atoms with Gasteiger partial charge in [0.25, 0.3) is 0 Å².